The number of hydrogen-bond donors (Lipinski definition) is 2. The lowest BCUT2D eigenvalue weighted by molar-refractivity contribution is 0.300. The number of nitrogens with one attached hydrogen (secondary N) is 1. The van der Waals surface area contributed by atoms with Gasteiger partial charge in [0.05, 0.1) is 5.84 Å². The maximum atomic E-state index is 7.22. The number of hydrogen-bond acceptors (Lipinski definition) is 2. The van der Waals surface area contributed by atoms with Gasteiger partial charge in [0.15, 0.2) is 0 Å². The van der Waals surface area contributed by atoms with Gasteiger partial charge in [0.2, 0.25) is 0 Å². The lowest BCUT2D eigenvalue weighted by Crippen LogP contribution is -2.30. The second kappa shape index (κ2) is 6.53. The van der Waals surface area contributed by atoms with Gasteiger partial charge >= 0.3 is 0 Å². The van der Waals surface area contributed by atoms with Crippen LogP contribution >= 0.6 is 0 Å². The zero-order valence-electron chi connectivity index (χ0n) is 11.7. The molecule has 0 aliphatic carbocycles. The molecule has 3 N–H and O–H groups in total. The molecule has 19 heavy (non-hydrogen) atoms. The van der Waals surface area contributed by atoms with Crippen LogP contribution in [0.1, 0.15) is 30.4 Å². The predicted molar refractivity (Wildman–Crippen MR) is 81.4 cm³/mol. The largest absolute Gasteiger partial charge is 0.388 e. The predicted octanol–water partition coefficient (Wildman–Crippen LogP) is 2.80. The van der Waals surface area contributed by atoms with Crippen molar-refractivity contribution in [3.63, 3.8) is 0 Å². The first-order chi connectivity index (χ1) is 9.15. The van der Waals surface area contributed by atoms with E-state index in [-0.39, 0.29) is 0 Å². The normalized spacial score (nSPS) is 16.2. The van der Waals surface area contributed by atoms with Gasteiger partial charge in [0, 0.05) is 19.5 Å². The molecule has 1 heterocycles. The molecule has 1 aliphatic rings. The van der Waals surface area contributed by atoms with E-state index < -0.39 is 0 Å². The Labute approximate surface area is 115 Å². The molecule has 0 radical (unpaired) electrons. The van der Waals surface area contributed by atoms with Crippen molar-refractivity contribution in [2.24, 2.45) is 5.73 Å². The van der Waals surface area contributed by atoms with E-state index in [1.54, 1.807) is 0 Å². The Kier molecular flexibility index (Phi) is 4.74. The summed E-state index contributed by atoms with van der Waals surface area (Å²) >= 11 is 0. The number of amidine groups is 1. The minimum Gasteiger partial charge on any atom is -0.388 e. The van der Waals surface area contributed by atoms with Crippen molar-refractivity contribution in [2.75, 3.05) is 19.6 Å². The highest BCUT2D eigenvalue weighted by Crippen LogP contribution is 2.22. The quantitative estimate of drug-likeness (QED) is 0.629. The third-order valence-electron chi connectivity index (χ3n) is 3.64. The molecule has 3 heteroatoms. The molecule has 1 aromatic carbocycles. The van der Waals surface area contributed by atoms with E-state index in [9.17, 15) is 0 Å². The summed E-state index contributed by atoms with van der Waals surface area (Å²) < 4.78 is 0. The lowest BCUT2D eigenvalue weighted by atomic mass is 9.98. The SMILES string of the molecule is Cc1ccc(C2=CCN(CCCC(=N)N)CC2)cc1. The molecule has 2 rings (SSSR count). The zero-order chi connectivity index (χ0) is 13.7. The molecule has 0 spiro atoms. The molecule has 0 amide bonds. The Morgan fingerprint density at radius 1 is 1.32 bits per heavy atom. The zero-order valence-corrected chi connectivity index (χ0v) is 11.7. The van der Waals surface area contributed by atoms with Crippen LogP contribution in [0.2, 0.25) is 0 Å². The van der Waals surface area contributed by atoms with Crippen molar-refractivity contribution < 1.29 is 0 Å². The molecule has 0 bridgehead atoms. The van der Waals surface area contributed by atoms with Crippen molar-refractivity contribution in [1.82, 2.24) is 4.90 Å². The molecule has 0 saturated carbocycles. The van der Waals surface area contributed by atoms with Gasteiger partial charge in [0.1, 0.15) is 0 Å². The fraction of sp³-hybridized carbons (Fsp3) is 0.438. The Bertz CT molecular complexity index is 459. The molecule has 3 nitrogen and oxygen atoms in total. The maximum Gasteiger partial charge on any atom is 0.0905 e. The number of aryl methyl sites for hydroxylation is 1. The summed E-state index contributed by atoms with van der Waals surface area (Å²) in [5.74, 6) is 0.299. The van der Waals surface area contributed by atoms with Gasteiger partial charge < -0.3 is 5.73 Å². The number of nitrogens with two attached hydrogens (primary N) is 1. The highest BCUT2D eigenvalue weighted by atomic mass is 15.1. The van der Waals surface area contributed by atoms with Crippen LogP contribution in [0.25, 0.3) is 5.57 Å². The molecule has 1 aromatic rings. The van der Waals surface area contributed by atoms with Crippen LogP contribution in [0.4, 0.5) is 0 Å². The lowest BCUT2D eigenvalue weighted by Gasteiger charge is -2.26. The molecule has 0 saturated heterocycles. The number of benzene rings is 1. The van der Waals surface area contributed by atoms with Gasteiger partial charge in [-0.3, -0.25) is 10.3 Å². The molecule has 0 aromatic heterocycles. The van der Waals surface area contributed by atoms with Crippen molar-refractivity contribution >= 4 is 11.4 Å². The fourth-order valence-corrected chi connectivity index (χ4v) is 2.44. The van der Waals surface area contributed by atoms with Crippen molar-refractivity contribution in [3.05, 3.63) is 41.5 Å². The van der Waals surface area contributed by atoms with E-state index in [1.807, 2.05) is 0 Å². The highest BCUT2D eigenvalue weighted by molar-refractivity contribution is 5.76. The molecule has 0 atom stereocenters. The summed E-state index contributed by atoms with van der Waals surface area (Å²) in [4.78, 5) is 2.43. The minimum absolute atomic E-state index is 0.299. The molecular formula is C16H23N3. The van der Waals surface area contributed by atoms with Crippen molar-refractivity contribution in [3.8, 4) is 0 Å². The summed E-state index contributed by atoms with van der Waals surface area (Å²) in [6, 6.07) is 8.78. The summed E-state index contributed by atoms with van der Waals surface area (Å²) in [5, 5.41) is 7.22. The van der Waals surface area contributed by atoms with E-state index in [0.717, 1.165) is 32.5 Å². The third-order valence-corrected chi connectivity index (χ3v) is 3.64. The van der Waals surface area contributed by atoms with Gasteiger partial charge in [-0.2, -0.15) is 0 Å². The fourth-order valence-electron chi connectivity index (χ4n) is 2.44. The van der Waals surface area contributed by atoms with E-state index in [4.69, 9.17) is 11.1 Å². The molecule has 1 aliphatic heterocycles. The first kappa shape index (κ1) is 13.8. The third kappa shape index (κ3) is 4.21. The van der Waals surface area contributed by atoms with Gasteiger partial charge in [0.25, 0.3) is 0 Å². The minimum atomic E-state index is 0.299. The van der Waals surface area contributed by atoms with Crippen LogP contribution in [0.15, 0.2) is 30.3 Å². The molecule has 102 valence electrons. The van der Waals surface area contributed by atoms with Gasteiger partial charge in [-0.05, 0) is 37.4 Å². The van der Waals surface area contributed by atoms with Crippen LogP contribution in [-0.2, 0) is 0 Å². The van der Waals surface area contributed by atoms with E-state index in [0.29, 0.717) is 12.3 Å². The summed E-state index contributed by atoms with van der Waals surface area (Å²) in [6.45, 7) is 5.28. The highest BCUT2D eigenvalue weighted by Gasteiger charge is 2.12. The Hall–Kier alpha value is -1.61. The van der Waals surface area contributed by atoms with Gasteiger partial charge in [-0.15, -0.1) is 0 Å². The van der Waals surface area contributed by atoms with Crippen LogP contribution in [0.3, 0.4) is 0 Å². The van der Waals surface area contributed by atoms with E-state index in [1.165, 1.54) is 16.7 Å². The smallest absolute Gasteiger partial charge is 0.0905 e. The standard InChI is InChI=1S/C16H23N3/c1-13-4-6-14(7-5-13)15-8-11-19(12-9-15)10-2-3-16(17)18/h4-8H,2-3,9-12H2,1H3,(H3,17,18). The van der Waals surface area contributed by atoms with Crippen LogP contribution in [0.5, 0.6) is 0 Å². The number of rotatable bonds is 5. The first-order valence-electron chi connectivity index (χ1n) is 6.96. The molecule has 0 unspecified atom stereocenters. The second-order valence-electron chi connectivity index (χ2n) is 5.27. The summed E-state index contributed by atoms with van der Waals surface area (Å²) in [5.41, 5.74) is 9.50. The van der Waals surface area contributed by atoms with Gasteiger partial charge in [-0.1, -0.05) is 35.9 Å². The second-order valence-corrected chi connectivity index (χ2v) is 5.27. The van der Waals surface area contributed by atoms with E-state index >= 15 is 0 Å². The molecule has 0 fully saturated rings. The van der Waals surface area contributed by atoms with Gasteiger partial charge in [-0.25, -0.2) is 0 Å². The average molecular weight is 257 g/mol. The Balaban J connectivity index is 1.85. The average Bonchev–Trinajstić information content (AvgIpc) is 2.40. The van der Waals surface area contributed by atoms with Crippen LogP contribution in [0, 0.1) is 12.3 Å². The van der Waals surface area contributed by atoms with Crippen LogP contribution < -0.4 is 5.73 Å². The monoisotopic (exact) mass is 257 g/mol. The van der Waals surface area contributed by atoms with Crippen molar-refractivity contribution in [1.29, 1.82) is 5.41 Å². The van der Waals surface area contributed by atoms with Crippen molar-refractivity contribution in [2.45, 2.75) is 26.2 Å². The summed E-state index contributed by atoms with van der Waals surface area (Å²) in [7, 11) is 0. The maximum absolute atomic E-state index is 7.22. The number of nitrogens with zero attached hydrogens (tertiary/aromatic N) is 1. The first-order valence-corrected chi connectivity index (χ1v) is 6.96. The summed E-state index contributed by atoms with van der Waals surface area (Å²) in [6.07, 6.45) is 5.15. The Morgan fingerprint density at radius 2 is 2.05 bits per heavy atom. The topological polar surface area (TPSA) is 53.1 Å². The van der Waals surface area contributed by atoms with E-state index in [2.05, 4.69) is 42.2 Å². The Morgan fingerprint density at radius 3 is 2.63 bits per heavy atom. The molecular weight excluding hydrogens is 234 g/mol. The van der Waals surface area contributed by atoms with Crippen LogP contribution in [-0.4, -0.2) is 30.4 Å².